The zero-order valence-electron chi connectivity index (χ0n) is 9.55. The van der Waals surface area contributed by atoms with Crippen molar-refractivity contribution in [3.63, 3.8) is 0 Å². The average Bonchev–Trinajstić information content (AvgIpc) is 2.86. The van der Waals surface area contributed by atoms with Crippen LogP contribution < -0.4 is 0 Å². The Balaban J connectivity index is 2.07. The molecule has 0 aliphatic rings. The van der Waals surface area contributed by atoms with E-state index in [4.69, 9.17) is 0 Å². The lowest BCUT2D eigenvalue weighted by atomic mass is 10.1. The molecule has 2 rings (SSSR count). The molecule has 0 saturated heterocycles. The van der Waals surface area contributed by atoms with Crippen molar-refractivity contribution in [2.45, 2.75) is 25.9 Å². The Morgan fingerprint density at radius 1 is 1.38 bits per heavy atom. The molecule has 0 amide bonds. The number of hydrogen-bond donors (Lipinski definition) is 1. The lowest BCUT2D eigenvalue weighted by Crippen LogP contribution is -2.07. The van der Waals surface area contributed by atoms with Crippen molar-refractivity contribution in [3.05, 3.63) is 39.8 Å². The van der Waals surface area contributed by atoms with E-state index in [1.807, 2.05) is 13.1 Å². The van der Waals surface area contributed by atoms with Crippen LogP contribution in [0.1, 0.15) is 28.5 Å². The molecule has 2 aromatic rings. The molecule has 0 saturated carbocycles. The first-order valence-electron chi connectivity index (χ1n) is 5.44. The monoisotopic (exact) mass is 236 g/mol. The third-order valence-electron chi connectivity index (χ3n) is 2.66. The third-order valence-corrected chi connectivity index (χ3v) is 3.91. The normalized spacial score (nSPS) is 12.9. The third kappa shape index (κ3) is 2.33. The highest BCUT2D eigenvalue weighted by atomic mass is 32.1. The van der Waals surface area contributed by atoms with Crippen LogP contribution in [0.4, 0.5) is 0 Å². The molecule has 2 aromatic heterocycles. The molecule has 0 aliphatic carbocycles. The molecule has 0 spiro atoms. The molecule has 4 heteroatoms. The minimum Gasteiger partial charge on any atom is -0.386 e. The number of aryl methyl sites for hydroxylation is 2. The summed E-state index contributed by atoms with van der Waals surface area (Å²) in [4.78, 5) is 2.60. The lowest BCUT2D eigenvalue weighted by Gasteiger charge is -2.09. The van der Waals surface area contributed by atoms with Gasteiger partial charge in [0, 0.05) is 29.4 Å². The molecule has 86 valence electrons. The van der Waals surface area contributed by atoms with Gasteiger partial charge >= 0.3 is 0 Å². The number of hydrogen-bond acceptors (Lipinski definition) is 3. The van der Waals surface area contributed by atoms with Crippen molar-refractivity contribution >= 4 is 11.3 Å². The molecule has 0 fully saturated rings. The Labute approximate surface area is 99.4 Å². The van der Waals surface area contributed by atoms with Crippen LogP contribution in [0, 0.1) is 0 Å². The van der Waals surface area contributed by atoms with E-state index in [0.29, 0.717) is 6.42 Å². The fourth-order valence-electron chi connectivity index (χ4n) is 1.73. The molecule has 0 bridgehead atoms. The summed E-state index contributed by atoms with van der Waals surface area (Å²) in [5.74, 6) is 0. The minimum atomic E-state index is -0.462. The fraction of sp³-hybridized carbons (Fsp3) is 0.417. The van der Waals surface area contributed by atoms with Crippen LogP contribution in [0.2, 0.25) is 0 Å². The molecule has 0 radical (unpaired) electrons. The smallest absolute Gasteiger partial charge is 0.100 e. The molecule has 2 heterocycles. The predicted molar refractivity (Wildman–Crippen MR) is 65.6 cm³/mol. The molecule has 1 atom stereocenters. The van der Waals surface area contributed by atoms with Gasteiger partial charge in [-0.2, -0.15) is 5.10 Å². The Bertz CT molecular complexity index is 461. The van der Waals surface area contributed by atoms with E-state index in [2.05, 4.69) is 24.2 Å². The van der Waals surface area contributed by atoms with Crippen LogP contribution in [0.3, 0.4) is 0 Å². The van der Waals surface area contributed by atoms with Crippen LogP contribution in [-0.2, 0) is 19.9 Å². The van der Waals surface area contributed by atoms with Crippen LogP contribution in [-0.4, -0.2) is 14.9 Å². The summed E-state index contributed by atoms with van der Waals surface area (Å²) >= 11 is 1.77. The van der Waals surface area contributed by atoms with E-state index < -0.39 is 6.10 Å². The summed E-state index contributed by atoms with van der Waals surface area (Å²) in [7, 11) is 1.85. The molecule has 16 heavy (non-hydrogen) atoms. The molecule has 0 aliphatic heterocycles. The Morgan fingerprint density at radius 3 is 2.69 bits per heavy atom. The number of rotatable bonds is 4. The maximum atomic E-state index is 10.1. The van der Waals surface area contributed by atoms with E-state index in [1.54, 1.807) is 22.2 Å². The second-order valence-corrected chi connectivity index (χ2v) is 5.07. The van der Waals surface area contributed by atoms with Gasteiger partial charge in [-0.25, -0.2) is 0 Å². The first-order valence-corrected chi connectivity index (χ1v) is 6.26. The zero-order chi connectivity index (χ0) is 11.5. The van der Waals surface area contributed by atoms with Gasteiger partial charge in [0.25, 0.3) is 0 Å². The van der Waals surface area contributed by atoms with Gasteiger partial charge in [-0.05, 0) is 24.6 Å². The van der Waals surface area contributed by atoms with Crippen molar-refractivity contribution in [3.8, 4) is 0 Å². The van der Waals surface area contributed by atoms with Gasteiger partial charge < -0.3 is 5.11 Å². The Hall–Kier alpha value is -1.13. The molecule has 1 unspecified atom stereocenters. The first kappa shape index (κ1) is 11.4. The molecule has 3 nitrogen and oxygen atoms in total. The quantitative estimate of drug-likeness (QED) is 0.884. The highest BCUT2D eigenvalue weighted by Crippen LogP contribution is 2.23. The van der Waals surface area contributed by atoms with E-state index in [0.717, 1.165) is 12.1 Å². The van der Waals surface area contributed by atoms with Crippen molar-refractivity contribution in [1.29, 1.82) is 0 Å². The fourth-order valence-corrected chi connectivity index (χ4v) is 2.72. The summed E-state index contributed by atoms with van der Waals surface area (Å²) in [6.07, 6.45) is 2.98. The average molecular weight is 236 g/mol. The summed E-state index contributed by atoms with van der Waals surface area (Å²) in [5, 5.41) is 14.1. The number of thiophene rings is 1. The van der Waals surface area contributed by atoms with E-state index >= 15 is 0 Å². The Kier molecular flexibility index (Phi) is 3.41. The molecule has 0 aromatic carbocycles. The second kappa shape index (κ2) is 4.80. The zero-order valence-corrected chi connectivity index (χ0v) is 10.4. The second-order valence-electron chi connectivity index (χ2n) is 3.82. The molecule has 1 N–H and O–H groups in total. The van der Waals surface area contributed by atoms with Gasteiger partial charge in [0.05, 0.1) is 5.69 Å². The summed E-state index contributed by atoms with van der Waals surface area (Å²) in [6.45, 7) is 2.15. The van der Waals surface area contributed by atoms with Crippen molar-refractivity contribution in [2.24, 2.45) is 7.05 Å². The lowest BCUT2D eigenvalue weighted by molar-refractivity contribution is 0.169. The van der Waals surface area contributed by atoms with Gasteiger partial charge in [0.1, 0.15) is 6.10 Å². The number of nitrogens with zero attached hydrogens (tertiary/aromatic N) is 2. The highest BCUT2D eigenvalue weighted by molar-refractivity contribution is 7.11. The van der Waals surface area contributed by atoms with Crippen LogP contribution >= 0.6 is 11.3 Å². The van der Waals surface area contributed by atoms with E-state index in [1.165, 1.54) is 9.75 Å². The van der Waals surface area contributed by atoms with Gasteiger partial charge in [-0.15, -0.1) is 11.3 Å². The molecular weight excluding hydrogens is 220 g/mol. The van der Waals surface area contributed by atoms with Gasteiger partial charge in [0.2, 0.25) is 0 Å². The summed E-state index contributed by atoms with van der Waals surface area (Å²) in [5.41, 5.74) is 0.867. The summed E-state index contributed by atoms with van der Waals surface area (Å²) < 4.78 is 1.72. The van der Waals surface area contributed by atoms with Crippen molar-refractivity contribution < 1.29 is 5.11 Å². The summed E-state index contributed by atoms with van der Waals surface area (Å²) in [6, 6.07) is 6.10. The van der Waals surface area contributed by atoms with E-state index in [-0.39, 0.29) is 0 Å². The first-order chi connectivity index (χ1) is 7.70. The number of aliphatic hydroxyl groups is 1. The van der Waals surface area contributed by atoms with Gasteiger partial charge in [-0.1, -0.05) is 6.92 Å². The largest absolute Gasteiger partial charge is 0.386 e. The van der Waals surface area contributed by atoms with Crippen molar-refractivity contribution in [2.75, 3.05) is 0 Å². The van der Waals surface area contributed by atoms with Crippen molar-refractivity contribution in [1.82, 2.24) is 9.78 Å². The van der Waals surface area contributed by atoms with Gasteiger partial charge in [-0.3, -0.25) is 4.68 Å². The maximum Gasteiger partial charge on any atom is 0.100 e. The van der Waals surface area contributed by atoms with Gasteiger partial charge in [0.15, 0.2) is 0 Å². The minimum absolute atomic E-state index is 0.462. The topological polar surface area (TPSA) is 38.1 Å². The van der Waals surface area contributed by atoms with Crippen LogP contribution in [0.15, 0.2) is 24.4 Å². The number of aromatic nitrogens is 2. The van der Waals surface area contributed by atoms with E-state index in [9.17, 15) is 5.11 Å². The maximum absolute atomic E-state index is 10.1. The predicted octanol–water partition coefficient (Wildman–Crippen LogP) is 2.32. The highest BCUT2D eigenvalue weighted by Gasteiger charge is 2.13. The number of aliphatic hydroxyl groups excluding tert-OH is 1. The SMILES string of the molecule is CCc1ccc(CC(O)c2ccnn2C)s1. The van der Waals surface area contributed by atoms with Crippen LogP contribution in [0.25, 0.3) is 0 Å². The Morgan fingerprint density at radius 2 is 2.12 bits per heavy atom. The van der Waals surface area contributed by atoms with Crippen LogP contribution in [0.5, 0.6) is 0 Å². The standard InChI is InChI=1S/C12H16N2OS/c1-3-9-4-5-10(16-9)8-12(15)11-6-7-13-14(11)2/h4-7,12,15H,3,8H2,1-2H3. The molecular formula is C12H16N2OS.